The number of amides is 1. The van der Waals surface area contributed by atoms with Gasteiger partial charge in [-0.3, -0.25) is 4.79 Å². The minimum Gasteiger partial charge on any atom is -0.484 e. The van der Waals surface area contributed by atoms with Crippen molar-refractivity contribution in [2.75, 3.05) is 13.2 Å². The molecule has 31 heavy (non-hydrogen) atoms. The average Bonchev–Trinajstić information content (AvgIpc) is 3.20. The fourth-order valence-electron chi connectivity index (χ4n) is 3.65. The van der Waals surface area contributed by atoms with Crippen LogP contribution in [0, 0.1) is 6.92 Å². The van der Waals surface area contributed by atoms with Crippen LogP contribution in [-0.2, 0) is 4.79 Å². The number of hydrogen-bond acceptors (Lipinski definition) is 2. The standard InChI is InChI=1S/C25H22Cl2N2O2/c1-16-12-17(10-11-22(16)26)31-15-25(30)29-14-20(18-6-2-4-8-23(18)27)21-13-28-24-9-5-3-7-19(21)24/h2-13,20,28H,14-15H2,1H3,(H,29,30). The fraction of sp³-hybridized carbons (Fsp3) is 0.160. The van der Waals surface area contributed by atoms with Crippen LogP contribution in [0.1, 0.15) is 22.6 Å². The molecule has 0 saturated carbocycles. The van der Waals surface area contributed by atoms with E-state index >= 15 is 0 Å². The summed E-state index contributed by atoms with van der Waals surface area (Å²) in [6.45, 7) is 2.21. The van der Waals surface area contributed by atoms with Gasteiger partial charge in [0.05, 0.1) is 0 Å². The maximum absolute atomic E-state index is 12.5. The Bertz CT molecular complexity index is 1220. The third kappa shape index (κ3) is 4.87. The summed E-state index contributed by atoms with van der Waals surface area (Å²) in [7, 11) is 0. The van der Waals surface area contributed by atoms with E-state index in [2.05, 4.69) is 16.4 Å². The van der Waals surface area contributed by atoms with Crippen LogP contribution >= 0.6 is 23.2 Å². The normalized spacial score (nSPS) is 12.0. The third-order valence-corrected chi connectivity index (χ3v) is 6.05. The summed E-state index contributed by atoms with van der Waals surface area (Å²) in [6, 6.07) is 21.1. The van der Waals surface area contributed by atoms with Crippen LogP contribution in [0.3, 0.4) is 0 Å². The Morgan fingerprint density at radius 1 is 1.00 bits per heavy atom. The van der Waals surface area contributed by atoms with E-state index in [0.29, 0.717) is 22.3 Å². The summed E-state index contributed by atoms with van der Waals surface area (Å²) < 4.78 is 5.62. The van der Waals surface area contributed by atoms with Crippen LogP contribution in [0.4, 0.5) is 0 Å². The zero-order valence-electron chi connectivity index (χ0n) is 17.0. The molecule has 2 N–H and O–H groups in total. The molecule has 3 aromatic carbocycles. The lowest BCUT2D eigenvalue weighted by atomic mass is 9.91. The molecule has 0 spiro atoms. The van der Waals surface area contributed by atoms with Crippen LogP contribution in [0.2, 0.25) is 10.0 Å². The molecular weight excluding hydrogens is 431 g/mol. The maximum Gasteiger partial charge on any atom is 0.257 e. The monoisotopic (exact) mass is 452 g/mol. The number of H-pyrrole nitrogens is 1. The topological polar surface area (TPSA) is 54.1 Å². The Morgan fingerprint density at radius 3 is 2.58 bits per heavy atom. The SMILES string of the molecule is Cc1cc(OCC(=O)NCC(c2ccccc2Cl)c2c[nH]c3ccccc23)ccc1Cl. The molecule has 1 aromatic heterocycles. The Hall–Kier alpha value is -2.95. The van der Waals surface area contributed by atoms with Gasteiger partial charge in [0, 0.05) is 39.6 Å². The molecule has 1 amide bonds. The second-order valence-electron chi connectivity index (χ2n) is 7.37. The first-order chi connectivity index (χ1) is 15.0. The number of benzene rings is 3. The average molecular weight is 453 g/mol. The fourth-order valence-corrected chi connectivity index (χ4v) is 4.04. The first-order valence-corrected chi connectivity index (χ1v) is 10.7. The number of aryl methyl sites for hydroxylation is 1. The van der Waals surface area contributed by atoms with E-state index in [0.717, 1.165) is 27.6 Å². The van der Waals surface area contributed by atoms with Crippen LogP contribution in [-0.4, -0.2) is 24.0 Å². The predicted octanol–water partition coefficient (Wildman–Crippen LogP) is 6.11. The quantitative estimate of drug-likeness (QED) is 0.355. The number of fused-ring (bicyclic) bond motifs is 1. The molecule has 0 saturated heterocycles. The Labute approximate surface area is 191 Å². The van der Waals surface area contributed by atoms with Gasteiger partial charge in [0.15, 0.2) is 6.61 Å². The van der Waals surface area contributed by atoms with Crippen LogP contribution in [0.5, 0.6) is 5.75 Å². The molecule has 0 aliphatic rings. The number of aromatic nitrogens is 1. The number of halogens is 2. The number of hydrogen-bond donors (Lipinski definition) is 2. The lowest BCUT2D eigenvalue weighted by Crippen LogP contribution is -2.32. The molecule has 4 aromatic rings. The first-order valence-electron chi connectivity index (χ1n) is 9.99. The number of nitrogens with one attached hydrogen (secondary N) is 2. The van der Waals surface area contributed by atoms with E-state index < -0.39 is 0 Å². The molecule has 0 aliphatic carbocycles. The van der Waals surface area contributed by atoms with Crippen molar-refractivity contribution in [1.82, 2.24) is 10.3 Å². The Morgan fingerprint density at radius 2 is 1.77 bits per heavy atom. The summed E-state index contributed by atoms with van der Waals surface area (Å²) in [5.74, 6) is 0.299. The van der Waals surface area contributed by atoms with Crippen LogP contribution in [0.15, 0.2) is 72.9 Å². The van der Waals surface area contributed by atoms with E-state index in [4.69, 9.17) is 27.9 Å². The molecule has 158 valence electrons. The van der Waals surface area contributed by atoms with Gasteiger partial charge in [-0.15, -0.1) is 0 Å². The minimum absolute atomic E-state index is 0.0792. The highest BCUT2D eigenvalue weighted by Crippen LogP contribution is 2.34. The second-order valence-corrected chi connectivity index (χ2v) is 8.18. The number of aromatic amines is 1. The van der Waals surface area contributed by atoms with Gasteiger partial charge in [-0.2, -0.15) is 0 Å². The number of carbonyl (C=O) groups is 1. The molecule has 1 unspecified atom stereocenters. The molecule has 0 bridgehead atoms. The van der Waals surface area contributed by atoms with E-state index in [-0.39, 0.29) is 18.4 Å². The zero-order chi connectivity index (χ0) is 21.8. The summed E-state index contributed by atoms with van der Waals surface area (Å²) >= 11 is 12.6. The smallest absolute Gasteiger partial charge is 0.257 e. The van der Waals surface area contributed by atoms with Crippen molar-refractivity contribution in [1.29, 1.82) is 0 Å². The van der Waals surface area contributed by atoms with Crippen LogP contribution < -0.4 is 10.1 Å². The highest BCUT2D eigenvalue weighted by Gasteiger charge is 2.21. The summed E-state index contributed by atoms with van der Waals surface area (Å²) in [5.41, 5.74) is 3.99. The lowest BCUT2D eigenvalue weighted by Gasteiger charge is -2.19. The van der Waals surface area contributed by atoms with Crippen molar-refractivity contribution < 1.29 is 9.53 Å². The van der Waals surface area contributed by atoms with Crippen molar-refractivity contribution in [2.45, 2.75) is 12.8 Å². The third-order valence-electron chi connectivity index (χ3n) is 5.28. The molecule has 4 nitrogen and oxygen atoms in total. The van der Waals surface area contributed by atoms with E-state index in [1.54, 1.807) is 12.1 Å². The minimum atomic E-state index is -0.204. The van der Waals surface area contributed by atoms with Gasteiger partial charge in [0.1, 0.15) is 5.75 Å². The first kappa shape index (κ1) is 21.3. The molecule has 6 heteroatoms. The highest BCUT2D eigenvalue weighted by molar-refractivity contribution is 6.31. The van der Waals surface area contributed by atoms with Gasteiger partial charge < -0.3 is 15.0 Å². The summed E-state index contributed by atoms with van der Waals surface area (Å²) in [4.78, 5) is 15.8. The van der Waals surface area contributed by atoms with E-state index in [1.807, 2.05) is 61.7 Å². The van der Waals surface area contributed by atoms with Crippen molar-refractivity contribution in [3.05, 3.63) is 99.7 Å². The largest absolute Gasteiger partial charge is 0.484 e. The molecule has 4 rings (SSSR count). The van der Waals surface area contributed by atoms with Crippen molar-refractivity contribution in [3.63, 3.8) is 0 Å². The number of carbonyl (C=O) groups excluding carboxylic acids is 1. The molecule has 0 aliphatic heterocycles. The number of ether oxygens (including phenoxy) is 1. The van der Waals surface area contributed by atoms with Gasteiger partial charge in [-0.25, -0.2) is 0 Å². The maximum atomic E-state index is 12.5. The lowest BCUT2D eigenvalue weighted by molar-refractivity contribution is -0.123. The van der Waals surface area contributed by atoms with E-state index in [1.165, 1.54) is 0 Å². The molecule has 1 heterocycles. The Kier molecular flexibility index (Phi) is 6.50. The van der Waals surface area contributed by atoms with Crippen LogP contribution in [0.25, 0.3) is 10.9 Å². The van der Waals surface area contributed by atoms with Gasteiger partial charge in [-0.05, 0) is 53.9 Å². The van der Waals surface area contributed by atoms with Gasteiger partial charge in [0.25, 0.3) is 5.91 Å². The van der Waals surface area contributed by atoms with Gasteiger partial charge in [0.2, 0.25) is 0 Å². The summed E-state index contributed by atoms with van der Waals surface area (Å²) in [6.07, 6.45) is 1.98. The van der Waals surface area contributed by atoms with Gasteiger partial charge in [-0.1, -0.05) is 59.6 Å². The number of para-hydroxylation sites is 1. The van der Waals surface area contributed by atoms with Crippen molar-refractivity contribution >= 4 is 40.0 Å². The van der Waals surface area contributed by atoms with Crippen molar-refractivity contribution in [3.8, 4) is 5.75 Å². The molecule has 0 fully saturated rings. The zero-order valence-corrected chi connectivity index (χ0v) is 18.5. The molecular formula is C25H22Cl2N2O2. The highest BCUT2D eigenvalue weighted by atomic mass is 35.5. The molecule has 1 atom stereocenters. The Balaban J connectivity index is 1.51. The summed E-state index contributed by atoms with van der Waals surface area (Å²) in [5, 5.41) is 5.43. The van der Waals surface area contributed by atoms with Gasteiger partial charge >= 0.3 is 0 Å². The van der Waals surface area contributed by atoms with Crippen molar-refractivity contribution in [2.24, 2.45) is 0 Å². The predicted molar refractivity (Wildman–Crippen MR) is 126 cm³/mol. The number of rotatable bonds is 7. The van der Waals surface area contributed by atoms with E-state index in [9.17, 15) is 4.79 Å². The molecule has 0 radical (unpaired) electrons. The second kappa shape index (κ2) is 9.46.